The van der Waals surface area contributed by atoms with E-state index < -0.39 is 0 Å². The molecule has 0 saturated heterocycles. The van der Waals surface area contributed by atoms with Crippen LogP contribution in [0.5, 0.6) is 0 Å². The van der Waals surface area contributed by atoms with Crippen LogP contribution in [0.25, 0.3) is 0 Å². The van der Waals surface area contributed by atoms with Gasteiger partial charge in [0, 0.05) is 20.6 Å². The van der Waals surface area contributed by atoms with Gasteiger partial charge >= 0.3 is 0 Å². The van der Waals surface area contributed by atoms with Gasteiger partial charge in [-0.1, -0.05) is 23.2 Å². The predicted molar refractivity (Wildman–Crippen MR) is 59.5 cm³/mol. The molecule has 0 atom stereocenters. The van der Waals surface area contributed by atoms with Crippen molar-refractivity contribution < 1.29 is 9.90 Å². The fourth-order valence-corrected chi connectivity index (χ4v) is 1.57. The Morgan fingerprint density at radius 1 is 1.60 bits per heavy atom. The van der Waals surface area contributed by atoms with E-state index >= 15 is 0 Å². The highest BCUT2D eigenvalue weighted by atomic mass is 35.5. The number of aromatic nitrogens is 1. The molecule has 0 bridgehead atoms. The molecule has 1 amide bonds. The highest BCUT2D eigenvalue weighted by molar-refractivity contribution is 6.41. The molecule has 0 aliphatic heterocycles. The van der Waals surface area contributed by atoms with E-state index in [1.165, 1.54) is 15.5 Å². The number of nitrogens with zero attached hydrogens (tertiary/aromatic N) is 2. The summed E-state index contributed by atoms with van der Waals surface area (Å²) in [5, 5.41) is 9.39. The number of likely N-dealkylation sites (N-methyl/N-ethyl adjacent to an activating group) is 1. The summed E-state index contributed by atoms with van der Waals surface area (Å²) in [5.41, 5.74) is 0.404. The van der Waals surface area contributed by atoms with Crippen LogP contribution in [-0.2, 0) is 7.05 Å². The molecule has 1 N–H and O–H groups in total. The molecule has 1 rings (SSSR count). The van der Waals surface area contributed by atoms with Crippen molar-refractivity contribution >= 4 is 29.1 Å². The molecule has 0 aliphatic carbocycles. The van der Waals surface area contributed by atoms with Crippen molar-refractivity contribution in [1.82, 2.24) is 9.47 Å². The predicted octanol–water partition coefficient (Wildman–Crippen LogP) is 1.40. The zero-order valence-electron chi connectivity index (χ0n) is 8.50. The maximum Gasteiger partial charge on any atom is 0.270 e. The Bertz CT molecular complexity index is 376. The van der Waals surface area contributed by atoms with Crippen LogP contribution in [0.1, 0.15) is 10.5 Å². The quantitative estimate of drug-likeness (QED) is 0.882. The molecule has 15 heavy (non-hydrogen) atoms. The minimum absolute atomic E-state index is 0.0753. The number of hydrogen-bond acceptors (Lipinski definition) is 2. The van der Waals surface area contributed by atoms with Gasteiger partial charge in [-0.05, 0) is 6.07 Å². The van der Waals surface area contributed by atoms with Gasteiger partial charge in [-0.25, -0.2) is 0 Å². The number of rotatable bonds is 3. The second kappa shape index (κ2) is 4.88. The molecule has 0 fully saturated rings. The number of halogens is 2. The summed E-state index contributed by atoms with van der Waals surface area (Å²) < 4.78 is 1.51. The van der Waals surface area contributed by atoms with Gasteiger partial charge in [0.15, 0.2) is 0 Å². The van der Waals surface area contributed by atoms with E-state index in [0.717, 1.165) is 0 Å². The Morgan fingerprint density at radius 2 is 2.20 bits per heavy atom. The number of carbonyl (C=O) groups is 1. The van der Waals surface area contributed by atoms with E-state index in [4.69, 9.17) is 28.3 Å². The topological polar surface area (TPSA) is 45.5 Å². The number of hydrogen-bond donors (Lipinski definition) is 1. The van der Waals surface area contributed by atoms with Crippen molar-refractivity contribution in [3.8, 4) is 0 Å². The Morgan fingerprint density at radius 3 is 2.60 bits per heavy atom. The molecule has 0 aromatic carbocycles. The lowest BCUT2D eigenvalue weighted by atomic mass is 10.3. The first-order valence-electron chi connectivity index (χ1n) is 4.36. The highest BCUT2D eigenvalue weighted by Crippen LogP contribution is 2.25. The second-order valence-corrected chi connectivity index (χ2v) is 3.94. The number of carbonyl (C=O) groups excluding carboxylic acids is 1. The van der Waals surface area contributed by atoms with Crippen LogP contribution in [0.15, 0.2) is 6.07 Å². The largest absolute Gasteiger partial charge is 0.395 e. The van der Waals surface area contributed by atoms with Crippen molar-refractivity contribution in [2.75, 3.05) is 20.2 Å². The number of amides is 1. The maximum atomic E-state index is 11.8. The molecule has 1 aromatic rings. The van der Waals surface area contributed by atoms with Crippen LogP contribution in [-0.4, -0.2) is 40.7 Å². The van der Waals surface area contributed by atoms with Gasteiger partial charge in [0.05, 0.1) is 11.6 Å². The third kappa shape index (κ3) is 2.45. The summed E-state index contributed by atoms with van der Waals surface area (Å²) in [4.78, 5) is 13.2. The van der Waals surface area contributed by atoms with Crippen molar-refractivity contribution in [1.29, 1.82) is 0 Å². The minimum Gasteiger partial charge on any atom is -0.395 e. The maximum absolute atomic E-state index is 11.8. The molecule has 0 saturated carbocycles. The SMILES string of the molecule is CN(CCO)C(=O)c1cc(Cl)c(Cl)n1C. The summed E-state index contributed by atoms with van der Waals surface area (Å²) >= 11 is 11.6. The third-order valence-electron chi connectivity index (χ3n) is 2.12. The molecule has 0 spiro atoms. The van der Waals surface area contributed by atoms with Crippen molar-refractivity contribution in [2.24, 2.45) is 7.05 Å². The van der Waals surface area contributed by atoms with Gasteiger partial charge in [0.2, 0.25) is 0 Å². The molecule has 84 valence electrons. The zero-order chi connectivity index (χ0) is 11.6. The van der Waals surface area contributed by atoms with Crippen LogP contribution in [0.3, 0.4) is 0 Å². The standard InChI is InChI=1S/C9H12Cl2N2O2/c1-12(3-4-14)9(15)7-5-6(10)8(11)13(7)2/h5,14H,3-4H2,1-2H3. The van der Waals surface area contributed by atoms with E-state index in [0.29, 0.717) is 15.9 Å². The normalized spacial score (nSPS) is 10.5. The summed E-state index contributed by atoms with van der Waals surface area (Å²) in [6.07, 6.45) is 0. The van der Waals surface area contributed by atoms with E-state index in [1.807, 2.05) is 0 Å². The molecule has 0 unspecified atom stereocenters. The molecule has 1 heterocycles. The molecule has 0 aliphatic rings. The fourth-order valence-electron chi connectivity index (χ4n) is 1.19. The summed E-state index contributed by atoms with van der Waals surface area (Å²) in [6.45, 7) is 0.202. The summed E-state index contributed by atoms with van der Waals surface area (Å²) in [7, 11) is 3.27. The van der Waals surface area contributed by atoms with Crippen molar-refractivity contribution in [2.45, 2.75) is 0 Å². The lowest BCUT2D eigenvalue weighted by Crippen LogP contribution is -2.30. The first-order valence-corrected chi connectivity index (χ1v) is 5.11. The Labute approximate surface area is 98.0 Å². The van der Waals surface area contributed by atoms with E-state index in [-0.39, 0.29) is 19.1 Å². The first kappa shape index (κ1) is 12.4. The van der Waals surface area contributed by atoms with Gasteiger partial charge in [0.1, 0.15) is 10.8 Å². The lowest BCUT2D eigenvalue weighted by molar-refractivity contribution is 0.0757. The zero-order valence-corrected chi connectivity index (χ0v) is 10.0. The van der Waals surface area contributed by atoms with E-state index in [2.05, 4.69) is 0 Å². The fraction of sp³-hybridized carbons (Fsp3) is 0.444. The number of aliphatic hydroxyl groups is 1. The van der Waals surface area contributed by atoms with Gasteiger partial charge in [-0.3, -0.25) is 4.79 Å². The van der Waals surface area contributed by atoms with E-state index in [9.17, 15) is 4.79 Å². The van der Waals surface area contributed by atoms with Crippen LogP contribution in [0.4, 0.5) is 0 Å². The first-order chi connectivity index (χ1) is 6.99. The minimum atomic E-state index is -0.222. The summed E-state index contributed by atoms with van der Waals surface area (Å²) in [6, 6.07) is 1.51. The Hall–Kier alpha value is -0.710. The smallest absolute Gasteiger partial charge is 0.270 e. The second-order valence-electron chi connectivity index (χ2n) is 3.18. The van der Waals surface area contributed by atoms with Crippen LogP contribution in [0, 0.1) is 0 Å². The Kier molecular flexibility index (Phi) is 4.02. The lowest BCUT2D eigenvalue weighted by Gasteiger charge is -2.15. The monoisotopic (exact) mass is 250 g/mol. The average molecular weight is 251 g/mol. The van der Waals surface area contributed by atoms with Gasteiger partial charge in [0.25, 0.3) is 5.91 Å². The van der Waals surface area contributed by atoms with Crippen LogP contribution in [0.2, 0.25) is 10.2 Å². The Balaban J connectivity index is 2.96. The molecule has 4 nitrogen and oxygen atoms in total. The van der Waals surface area contributed by atoms with E-state index in [1.54, 1.807) is 14.1 Å². The third-order valence-corrected chi connectivity index (χ3v) is 2.96. The molecule has 6 heteroatoms. The molecular weight excluding hydrogens is 239 g/mol. The van der Waals surface area contributed by atoms with Crippen LogP contribution >= 0.6 is 23.2 Å². The van der Waals surface area contributed by atoms with Crippen LogP contribution < -0.4 is 0 Å². The molecule has 1 aromatic heterocycles. The van der Waals surface area contributed by atoms with Crippen molar-refractivity contribution in [3.63, 3.8) is 0 Å². The summed E-state index contributed by atoms with van der Waals surface area (Å²) in [5.74, 6) is -0.222. The van der Waals surface area contributed by atoms with Crippen molar-refractivity contribution in [3.05, 3.63) is 21.9 Å². The highest BCUT2D eigenvalue weighted by Gasteiger charge is 2.18. The van der Waals surface area contributed by atoms with Gasteiger partial charge < -0.3 is 14.6 Å². The van der Waals surface area contributed by atoms with Gasteiger partial charge in [-0.2, -0.15) is 0 Å². The molecular formula is C9H12Cl2N2O2. The average Bonchev–Trinajstić information content (AvgIpc) is 2.45. The number of aliphatic hydroxyl groups excluding tert-OH is 1. The molecule has 0 radical (unpaired) electrons. The van der Waals surface area contributed by atoms with Gasteiger partial charge in [-0.15, -0.1) is 0 Å².